The highest BCUT2D eigenvalue weighted by atomic mass is 19.2. The van der Waals surface area contributed by atoms with E-state index < -0.39 is 11.6 Å². The SMILES string of the molecule is CC(CN)CCc1ccc(F)c(F)c1. The van der Waals surface area contributed by atoms with Gasteiger partial charge in [-0.25, -0.2) is 8.78 Å². The van der Waals surface area contributed by atoms with Crippen molar-refractivity contribution in [1.82, 2.24) is 0 Å². The molecule has 2 N–H and O–H groups in total. The average molecular weight is 199 g/mol. The van der Waals surface area contributed by atoms with Gasteiger partial charge in [-0.05, 0) is 43.0 Å². The summed E-state index contributed by atoms with van der Waals surface area (Å²) in [7, 11) is 0. The van der Waals surface area contributed by atoms with Crippen LogP contribution in [0.15, 0.2) is 18.2 Å². The number of aryl methyl sites for hydroxylation is 1. The largest absolute Gasteiger partial charge is 0.330 e. The van der Waals surface area contributed by atoms with E-state index in [1.54, 1.807) is 6.07 Å². The van der Waals surface area contributed by atoms with Crippen LogP contribution in [0.5, 0.6) is 0 Å². The van der Waals surface area contributed by atoms with Gasteiger partial charge < -0.3 is 5.73 Å². The molecule has 0 aromatic heterocycles. The molecule has 1 unspecified atom stereocenters. The van der Waals surface area contributed by atoms with Crippen molar-refractivity contribution in [2.24, 2.45) is 11.7 Å². The molecule has 1 atom stereocenters. The summed E-state index contributed by atoms with van der Waals surface area (Å²) in [6.07, 6.45) is 1.65. The van der Waals surface area contributed by atoms with Crippen LogP contribution in [0.1, 0.15) is 18.9 Å². The number of hydrogen-bond acceptors (Lipinski definition) is 1. The maximum Gasteiger partial charge on any atom is 0.159 e. The van der Waals surface area contributed by atoms with Crippen molar-refractivity contribution >= 4 is 0 Å². The van der Waals surface area contributed by atoms with Gasteiger partial charge >= 0.3 is 0 Å². The monoisotopic (exact) mass is 199 g/mol. The van der Waals surface area contributed by atoms with Crippen LogP contribution < -0.4 is 5.73 Å². The van der Waals surface area contributed by atoms with Crippen LogP contribution in [0.3, 0.4) is 0 Å². The second kappa shape index (κ2) is 5.05. The third kappa shape index (κ3) is 3.07. The molecule has 14 heavy (non-hydrogen) atoms. The third-order valence-corrected chi connectivity index (χ3v) is 2.31. The minimum absolute atomic E-state index is 0.420. The minimum Gasteiger partial charge on any atom is -0.330 e. The normalized spacial score (nSPS) is 12.9. The van der Waals surface area contributed by atoms with Crippen molar-refractivity contribution in [1.29, 1.82) is 0 Å². The van der Waals surface area contributed by atoms with Crippen LogP contribution in [0, 0.1) is 17.6 Å². The zero-order chi connectivity index (χ0) is 10.6. The molecule has 0 fully saturated rings. The van der Waals surface area contributed by atoms with Gasteiger partial charge in [0.2, 0.25) is 0 Å². The summed E-state index contributed by atoms with van der Waals surface area (Å²) >= 11 is 0. The first kappa shape index (κ1) is 11.1. The van der Waals surface area contributed by atoms with Gasteiger partial charge in [-0.2, -0.15) is 0 Å². The second-order valence-corrected chi connectivity index (χ2v) is 3.63. The summed E-state index contributed by atoms with van der Waals surface area (Å²) in [5, 5.41) is 0. The van der Waals surface area contributed by atoms with E-state index >= 15 is 0 Å². The Morgan fingerprint density at radius 3 is 2.57 bits per heavy atom. The molecule has 0 spiro atoms. The van der Waals surface area contributed by atoms with E-state index in [0.29, 0.717) is 12.5 Å². The molecule has 0 aliphatic heterocycles. The predicted octanol–water partition coefficient (Wildman–Crippen LogP) is 2.49. The van der Waals surface area contributed by atoms with Gasteiger partial charge in [0.05, 0.1) is 0 Å². The van der Waals surface area contributed by atoms with E-state index in [-0.39, 0.29) is 0 Å². The molecule has 0 heterocycles. The Kier molecular flexibility index (Phi) is 4.01. The molecule has 3 heteroatoms. The topological polar surface area (TPSA) is 26.0 Å². The Labute approximate surface area is 82.9 Å². The molecule has 0 saturated heterocycles. The Morgan fingerprint density at radius 1 is 1.29 bits per heavy atom. The molecule has 1 aromatic rings. The fourth-order valence-corrected chi connectivity index (χ4v) is 1.23. The fourth-order valence-electron chi connectivity index (χ4n) is 1.23. The minimum atomic E-state index is -0.791. The number of nitrogens with two attached hydrogens (primary N) is 1. The predicted molar refractivity (Wildman–Crippen MR) is 52.9 cm³/mol. The van der Waals surface area contributed by atoms with Gasteiger partial charge in [0, 0.05) is 0 Å². The molecule has 0 amide bonds. The lowest BCUT2D eigenvalue weighted by Gasteiger charge is -2.07. The lowest BCUT2D eigenvalue weighted by Crippen LogP contribution is -2.11. The van der Waals surface area contributed by atoms with E-state index in [0.717, 1.165) is 24.5 Å². The van der Waals surface area contributed by atoms with Crippen molar-refractivity contribution in [3.63, 3.8) is 0 Å². The Hall–Kier alpha value is -0.960. The molecule has 1 nitrogen and oxygen atoms in total. The van der Waals surface area contributed by atoms with E-state index in [4.69, 9.17) is 5.73 Å². The van der Waals surface area contributed by atoms with Crippen LogP contribution in [0.25, 0.3) is 0 Å². The van der Waals surface area contributed by atoms with Gasteiger partial charge in [-0.3, -0.25) is 0 Å². The molecular weight excluding hydrogens is 184 g/mol. The van der Waals surface area contributed by atoms with Crippen molar-refractivity contribution in [2.45, 2.75) is 19.8 Å². The number of hydrogen-bond donors (Lipinski definition) is 1. The Bertz CT molecular complexity index is 299. The van der Waals surface area contributed by atoms with E-state index in [1.807, 2.05) is 6.92 Å². The van der Waals surface area contributed by atoms with Gasteiger partial charge in [0.15, 0.2) is 11.6 Å². The smallest absolute Gasteiger partial charge is 0.159 e. The molecule has 0 bridgehead atoms. The molecule has 0 aliphatic carbocycles. The lowest BCUT2D eigenvalue weighted by atomic mass is 10.0. The maximum atomic E-state index is 12.8. The van der Waals surface area contributed by atoms with Crippen LogP contribution in [0.4, 0.5) is 8.78 Å². The summed E-state index contributed by atoms with van der Waals surface area (Å²) in [6, 6.07) is 4.03. The highest BCUT2D eigenvalue weighted by Gasteiger charge is 2.04. The highest BCUT2D eigenvalue weighted by Crippen LogP contribution is 2.12. The number of halogens is 2. The van der Waals surface area contributed by atoms with Crippen LogP contribution in [-0.4, -0.2) is 6.54 Å². The lowest BCUT2D eigenvalue weighted by molar-refractivity contribution is 0.503. The van der Waals surface area contributed by atoms with Crippen LogP contribution in [-0.2, 0) is 6.42 Å². The van der Waals surface area contributed by atoms with Crippen molar-refractivity contribution in [3.05, 3.63) is 35.4 Å². The fraction of sp³-hybridized carbons (Fsp3) is 0.455. The summed E-state index contributed by atoms with van der Waals surface area (Å²) < 4.78 is 25.4. The zero-order valence-corrected chi connectivity index (χ0v) is 8.26. The second-order valence-electron chi connectivity index (χ2n) is 3.63. The standard InChI is InChI=1S/C11H15F2N/c1-8(7-14)2-3-9-4-5-10(12)11(13)6-9/h4-6,8H,2-3,7,14H2,1H3. The van der Waals surface area contributed by atoms with Crippen molar-refractivity contribution < 1.29 is 8.78 Å². The molecule has 0 aliphatic rings. The van der Waals surface area contributed by atoms with E-state index in [2.05, 4.69) is 0 Å². The summed E-state index contributed by atoms with van der Waals surface area (Å²) in [4.78, 5) is 0. The highest BCUT2D eigenvalue weighted by molar-refractivity contribution is 5.17. The molecular formula is C11H15F2N. The van der Waals surface area contributed by atoms with Gasteiger partial charge in [-0.15, -0.1) is 0 Å². The zero-order valence-electron chi connectivity index (χ0n) is 8.26. The first-order valence-corrected chi connectivity index (χ1v) is 4.77. The van der Waals surface area contributed by atoms with Crippen molar-refractivity contribution in [3.8, 4) is 0 Å². The van der Waals surface area contributed by atoms with Gasteiger partial charge in [-0.1, -0.05) is 13.0 Å². The van der Waals surface area contributed by atoms with Gasteiger partial charge in [0.25, 0.3) is 0 Å². The molecule has 1 rings (SSSR count). The van der Waals surface area contributed by atoms with E-state index in [1.165, 1.54) is 6.07 Å². The summed E-state index contributed by atoms with van der Waals surface area (Å²) in [5.41, 5.74) is 6.28. The average Bonchev–Trinajstić information content (AvgIpc) is 2.19. The van der Waals surface area contributed by atoms with Crippen LogP contribution >= 0.6 is 0 Å². The number of rotatable bonds is 4. The molecule has 78 valence electrons. The first-order valence-electron chi connectivity index (χ1n) is 4.77. The third-order valence-electron chi connectivity index (χ3n) is 2.31. The number of benzene rings is 1. The molecule has 1 aromatic carbocycles. The first-order chi connectivity index (χ1) is 6.63. The van der Waals surface area contributed by atoms with Crippen LogP contribution in [0.2, 0.25) is 0 Å². The maximum absolute atomic E-state index is 12.8. The summed E-state index contributed by atoms with van der Waals surface area (Å²) in [6.45, 7) is 2.67. The molecule has 0 radical (unpaired) electrons. The molecule has 0 saturated carbocycles. The summed E-state index contributed by atoms with van der Waals surface area (Å²) in [5.74, 6) is -1.15. The van der Waals surface area contributed by atoms with Crippen molar-refractivity contribution in [2.75, 3.05) is 6.54 Å². The van der Waals surface area contributed by atoms with E-state index in [9.17, 15) is 8.78 Å². The van der Waals surface area contributed by atoms with Gasteiger partial charge in [0.1, 0.15) is 0 Å². The quantitative estimate of drug-likeness (QED) is 0.792. The Morgan fingerprint density at radius 2 is 2.00 bits per heavy atom. The Balaban J connectivity index is 2.55.